The molecule has 0 aliphatic carbocycles. The van der Waals surface area contributed by atoms with Crippen LogP contribution in [0.25, 0.3) is 93.8 Å². The quantitative estimate of drug-likeness (QED) is 0.148. The smallest absolute Gasteiger partial charge is 0.136 e. The number of fused-ring (bicyclic) bond motifs is 10. The third-order valence-electron chi connectivity index (χ3n) is 12.0. The fraction of sp³-hybridized carbons (Fsp3) is 0. The van der Waals surface area contributed by atoms with Gasteiger partial charge < -0.3 is 27.9 Å². The first kappa shape index (κ1) is 37.9. The summed E-state index contributed by atoms with van der Waals surface area (Å²) in [6, 6.07) is 67.4. The maximum absolute atomic E-state index is 6.92. The van der Waals surface area contributed by atoms with Gasteiger partial charge in [-0.3, -0.25) is 0 Å². The summed E-state index contributed by atoms with van der Waals surface area (Å²) in [5.41, 5.74) is 11.1. The topological polar surface area (TPSA) is 59.8 Å². The van der Waals surface area contributed by atoms with Crippen molar-refractivity contribution < 1.29 is 34.6 Å². The van der Waals surface area contributed by atoms with Crippen molar-refractivity contribution >= 4 is 77.1 Å². The molecule has 0 saturated carbocycles. The average molecular weight is 1000 g/mol. The van der Waals surface area contributed by atoms with E-state index in [1.807, 2.05) is 66.9 Å². The van der Waals surface area contributed by atoms with Crippen molar-refractivity contribution in [1.29, 1.82) is 0 Å². The SMILES string of the molecule is [Pt].[c-]1c(N2C=CN(c3c(-c4ccccc4)cccc3-c3ccccc3)[CH-]2)cc2c(oc3ccc4oc5ccccc5c4c32)c1Oc1[c-]c2c(cc1)c1ccccc1n2-c1ccccn1. The molecule has 0 atom stereocenters. The predicted molar refractivity (Wildman–Crippen MR) is 253 cm³/mol. The maximum Gasteiger partial charge on any atom is 0.136 e. The van der Waals surface area contributed by atoms with Crippen molar-refractivity contribution in [3.8, 4) is 39.6 Å². The monoisotopic (exact) mass is 1000 g/mol. The Hall–Kier alpha value is -7.86. The van der Waals surface area contributed by atoms with Crippen LogP contribution in [0.3, 0.4) is 0 Å². The Morgan fingerprint density at radius 2 is 1.20 bits per heavy atom. The molecule has 64 heavy (non-hydrogen) atoms. The van der Waals surface area contributed by atoms with Gasteiger partial charge in [0.25, 0.3) is 0 Å². The Morgan fingerprint density at radius 1 is 0.531 bits per heavy atom. The average Bonchev–Trinajstić information content (AvgIpc) is 4.14. The van der Waals surface area contributed by atoms with Crippen LogP contribution in [0.4, 0.5) is 11.4 Å². The van der Waals surface area contributed by atoms with Crippen LogP contribution < -0.4 is 14.5 Å². The second kappa shape index (κ2) is 15.2. The minimum atomic E-state index is 0. The molecule has 7 nitrogen and oxygen atoms in total. The van der Waals surface area contributed by atoms with E-state index < -0.39 is 0 Å². The molecule has 0 N–H and O–H groups in total. The number of hydrogen-bond acceptors (Lipinski definition) is 6. The van der Waals surface area contributed by atoms with Gasteiger partial charge in [0.2, 0.25) is 0 Å². The Kier molecular flexibility index (Phi) is 8.99. The van der Waals surface area contributed by atoms with Gasteiger partial charge in [0.1, 0.15) is 22.6 Å². The Morgan fingerprint density at radius 3 is 1.97 bits per heavy atom. The van der Waals surface area contributed by atoms with Gasteiger partial charge in [0.05, 0.1) is 11.3 Å². The molecule has 0 unspecified atom stereocenters. The van der Waals surface area contributed by atoms with E-state index in [0.717, 1.165) is 99.5 Å². The summed E-state index contributed by atoms with van der Waals surface area (Å²) in [5.74, 6) is 1.75. The van der Waals surface area contributed by atoms with Gasteiger partial charge in [0.15, 0.2) is 0 Å². The van der Waals surface area contributed by atoms with E-state index in [4.69, 9.17) is 18.6 Å². The molecule has 8 heteroatoms. The van der Waals surface area contributed by atoms with Gasteiger partial charge >= 0.3 is 0 Å². The molecular formula is C56H33N4O3Pt-3. The van der Waals surface area contributed by atoms with E-state index in [1.165, 1.54) is 0 Å². The van der Waals surface area contributed by atoms with Crippen LogP contribution in [0.2, 0.25) is 0 Å². The molecule has 308 valence electrons. The van der Waals surface area contributed by atoms with Crippen LogP contribution in [-0.4, -0.2) is 9.55 Å². The molecular weight excluding hydrogens is 972 g/mol. The van der Waals surface area contributed by atoms with Crippen LogP contribution in [0.15, 0.2) is 203 Å². The molecule has 12 aromatic rings. The molecule has 1 aliphatic heterocycles. The van der Waals surface area contributed by atoms with Crippen LogP contribution in [-0.2, 0) is 21.1 Å². The molecule has 0 amide bonds. The number of anilines is 2. The molecule has 0 spiro atoms. The van der Waals surface area contributed by atoms with Gasteiger partial charge in [0, 0.05) is 71.5 Å². The number of furan rings is 2. The Bertz CT molecular complexity index is 3710. The molecule has 5 heterocycles. The summed E-state index contributed by atoms with van der Waals surface area (Å²) in [4.78, 5) is 9.00. The maximum atomic E-state index is 6.92. The summed E-state index contributed by atoms with van der Waals surface area (Å²) in [6.07, 6.45) is 5.97. The number of nitrogens with zero attached hydrogens (tertiary/aromatic N) is 4. The Labute approximate surface area is 381 Å². The third-order valence-corrected chi connectivity index (χ3v) is 12.0. The van der Waals surface area contributed by atoms with Gasteiger partial charge in [-0.15, -0.1) is 42.0 Å². The molecule has 4 aromatic heterocycles. The summed E-state index contributed by atoms with van der Waals surface area (Å²) < 4.78 is 22.2. The number of rotatable bonds is 7. The largest absolute Gasteiger partial charge is 0.512 e. The van der Waals surface area contributed by atoms with Crippen molar-refractivity contribution in [2.75, 3.05) is 9.80 Å². The van der Waals surface area contributed by atoms with Crippen molar-refractivity contribution in [1.82, 2.24) is 9.55 Å². The molecule has 13 rings (SSSR count). The van der Waals surface area contributed by atoms with Gasteiger partial charge in [-0.1, -0.05) is 132 Å². The number of para-hydroxylation sites is 3. The van der Waals surface area contributed by atoms with E-state index in [0.29, 0.717) is 17.1 Å². The van der Waals surface area contributed by atoms with Crippen LogP contribution in [0, 0.1) is 18.8 Å². The van der Waals surface area contributed by atoms with Crippen molar-refractivity contribution in [3.05, 3.63) is 213 Å². The van der Waals surface area contributed by atoms with E-state index >= 15 is 0 Å². The van der Waals surface area contributed by atoms with Crippen molar-refractivity contribution in [2.45, 2.75) is 0 Å². The zero-order chi connectivity index (χ0) is 41.4. The zero-order valence-electron chi connectivity index (χ0n) is 33.9. The summed E-state index contributed by atoms with van der Waals surface area (Å²) in [6.45, 7) is 2.10. The van der Waals surface area contributed by atoms with Crippen molar-refractivity contribution in [3.63, 3.8) is 0 Å². The normalized spacial score (nSPS) is 12.7. The number of benzene rings is 8. The predicted octanol–water partition coefficient (Wildman–Crippen LogP) is 14.6. The standard InChI is InChI=1S/C56H33N4O3.Pt/c1-3-14-36(15-4-1)40-20-13-21-41(37-16-5-2-6-17-37)55(40)59-31-30-58(35-59)38-32-45-54-50(28-27-49-53(54)44-19-8-10-23-48(44)62-49)63-56(45)51(33-38)61-39-25-26-43-42-18-7-9-22-46(42)60(47(43)34-39)52-24-11-12-29-57-52;/h1-32,35H;/q-3;. The third kappa shape index (κ3) is 6.04. The fourth-order valence-electron chi connectivity index (χ4n) is 9.21. The second-order valence-corrected chi connectivity index (χ2v) is 15.6. The summed E-state index contributed by atoms with van der Waals surface area (Å²) in [7, 11) is 0. The van der Waals surface area contributed by atoms with Crippen molar-refractivity contribution in [2.24, 2.45) is 0 Å². The number of hydrogen-bond donors (Lipinski definition) is 0. The molecule has 0 radical (unpaired) electrons. The first-order chi connectivity index (χ1) is 31.2. The second-order valence-electron chi connectivity index (χ2n) is 15.6. The van der Waals surface area contributed by atoms with Gasteiger partial charge in [-0.05, 0) is 65.3 Å². The van der Waals surface area contributed by atoms with Gasteiger partial charge in [-0.25, -0.2) is 4.98 Å². The zero-order valence-corrected chi connectivity index (χ0v) is 36.2. The van der Waals surface area contributed by atoms with E-state index in [2.05, 4.69) is 161 Å². The first-order valence-corrected chi connectivity index (χ1v) is 20.8. The van der Waals surface area contributed by atoms with Crippen LogP contribution in [0.5, 0.6) is 11.5 Å². The summed E-state index contributed by atoms with van der Waals surface area (Å²) >= 11 is 0. The van der Waals surface area contributed by atoms with E-state index in [-0.39, 0.29) is 21.1 Å². The fourth-order valence-corrected chi connectivity index (χ4v) is 9.21. The number of ether oxygens (including phenoxy) is 1. The summed E-state index contributed by atoms with van der Waals surface area (Å²) in [5, 5.41) is 5.99. The van der Waals surface area contributed by atoms with E-state index in [9.17, 15) is 0 Å². The number of pyridine rings is 1. The van der Waals surface area contributed by atoms with E-state index in [1.54, 1.807) is 0 Å². The molecule has 8 aromatic carbocycles. The minimum absolute atomic E-state index is 0. The minimum Gasteiger partial charge on any atom is -0.512 e. The molecule has 0 bridgehead atoms. The molecule has 0 saturated heterocycles. The first-order valence-electron chi connectivity index (χ1n) is 20.8. The molecule has 0 fully saturated rings. The van der Waals surface area contributed by atoms with Crippen LogP contribution in [0.1, 0.15) is 0 Å². The Balaban J connectivity index is 0.00000433. The van der Waals surface area contributed by atoms with Crippen LogP contribution >= 0.6 is 0 Å². The van der Waals surface area contributed by atoms with Gasteiger partial charge in [-0.2, -0.15) is 6.07 Å². The number of aromatic nitrogens is 2. The molecule has 1 aliphatic rings.